The van der Waals surface area contributed by atoms with Crippen molar-refractivity contribution in [3.8, 4) is 11.5 Å². The number of benzene rings is 1. The number of nitrogens with two attached hydrogens (primary N) is 1. The Morgan fingerprint density at radius 2 is 1.94 bits per heavy atom. The average molecular weight is 247 g/mol. The van der Waals surface area contributed by atoms with Gasteiger partial charge in [0.15, 0.2) is 11.6 Å². The Kier molecular flexibility index (Phi) is 3.31. The third-order valence-corrected chi connectivity index (χ3v) is 2.63. The molecule has 1 aliphatic rings. The summed E-state index contributed by atoms with van der Waals surface area (Å²) in [5, 5.41) is 0. The molecule has 0 bridgehead atoms. The molecular weight excluding hydrogens is 235 g/mol. The molecule has 0 heterocycles. The first-order valence-corrected chi connectivity index (χ1v) is 5.26. The van der Waals surface area contributed by atoms with E-state index < -0.39 is 18.2 Å². The monoisotopic (exact) mass is 247 g/mol. The third-order valence-electron chi connectivity index (χ3n) is 2.63. The lowest BCUT2D eigenvalue weighted by atomic mass is 9.96. The second-order valence-corrected chi connectivity index (χ2v) is 3.87. The summed E-state index contributed by atoms with van der Waals surface area (Å²) in [6.45, 7) is -3.08. The van der Waals surface area contributed by atoms with Crippen LogP contribution in [0.15, 0.2) is 12.1 Å². The van der Waals surface area contributed by atoms with Gasteiger partial charge in [0.25, 0.3) is 0 Å². The predicted octanol–water partition coefficient (Wildman–Crippen LogP) is 2.94. The van der Waals surface area contributed by atoms with E-state index in [1.165, 1.54) is 0 Å². The highest BCUT2D eigenvalue weighted by Crippen LogP contribution is 2.34. The lowest BCUT2D eigenvalue weighted by molar-refractivity contribution is -0.0523. The van der Waals surface area contributed by atoms with E-state index in [4.69, 9.17) is 10.5 Å². The van der Waals surface area contributed by atoms with Crippen LogP contribution in [0.25, 0.3) is 0 Å². The molecule has 1 aromatic carbocycles. The highest BCUT2D eigenvalue weighted by atomic mass is 19.3. The van der Waals surface area contributed by atoms with Gasteiger partial charge in [0, 0.05) is 12.1 Å². The van der Waals surface area contributed by atoms with Crippen molar-refractivity contribution in [3.63, 3.8) is 0 Å². The van der Waals surface area contributed by atoms with Crippen molar-refractivity contribution in [1.82, 2.24) is 0 Å². The Morgan fingerprint density at radius 1 is 1.24 bits per heavy atom. The van der Waals surface area contributed by atoms with E-state index in [0.29, 0.717) is 0 Å². The summed E-state index contributed by atoms with van der Waals surface area (Å²) >= 11 is 0. The van der Waals surface area contributed by atoms with E-state index in [9.17, 15) is 13.2 Å². The van der Waals surface area contributed by atoms with Gasteiger partial charge in [-0.15, -0.1) is 0 Å². The van der Waals surface area contributed by atoms with E-state index in [1.54, 1.807) is 0 Å². The van der Waals surface area contributed by atoms with Crippen molar-refractivity contribution >= 4 is 5.69 Å². The van der Waals surface area contributed by atoms with Gasteiger partial charge < -0.3 is 15.2 Å². The normalized spacial score (nSPS) is 15.8. The van der Waals surface area contributed by atoms with E-state index in [0.717, 1.165) is 31.4 Å². The SMILES string of the molecule is Nc1cc(F)c(OC(F)F)cc1OC1CCC1. The maximum absolute atomic E-state index is 13.2. The summed E-state index contributed by atoms with van der Waals surface area (Å²) in [7, 11) is 0. The fourth-order valence-electron chi connectivity index (χ4n) is 1.51. The molecule has 17 heavy (non-hydrogen) atoms. The molecule has 0 spiro atoms. The number of halogens is 3. The van der Waals surface area contributed by atoms with Crippen LogP contribution in [0.5, 0.6) is 11.5 Å². The van der Waals surface area contributed by atoms with Gasteiger partial charge in [0.2, 0.25) is 0 Å². The summed E-state index contributed by atoms with van der Waals surface area (Å²) in [6, 6.07) is 1.99. The fourth-order valence-corrected chi connectivity index (χ4v) is 1.51. The van der Waals surface area contributed by atoms with Crippen LogP contribution in [0.4, 0.5) is 18.9 Å². The lowest BCUT2D eigenvalue weighted by Gasteiger charge is -2.27. The van der Waals surface area contributed by atoms with Crippen LogP contribution < -0.4 is 15.2 Å². The van der Waals surface area contributed by atoms with Crippen LogP contribution in [0.3, 0.4) is 0 Å². The lowest BCUT2D eigenvalue weighted by Crippen LogP contribution is -2.25. The van der Waals surface area contributed by atoms with Gasteiger partial charge in [-0.25, -0.2) is 4.39 Å². The van der Waals surface area contributed by atoms with Crippen LogP contribution in [0.1, 0.15) is 19.3 Å². The van der Waals surface area contributed by atoms with Crippen LogP contribution in [-0.2, 0) is 0 Å². The minimum Gasteiger partial charge on any atom is -0.488 e. The molecule has 1 aromatic rings. The molecule has 94 valence electrons. The number of hydrogen-bond donors (Lipinski definition) is 1. The molecule has 2 rings (SSSR count). The van der Waals surface area contributed by atoms with Gasteiger partial charge in [-0.1, -0.05) is 0 Å². The number of rotatable bonds is 4. The summed E-state index contributed by atoms with van der Waals surface area (Å²) in [4.78, 5) is 0. The van der Waals surface area contributed by atoms with E-state index in [2.05, 4.69) is 4.74 Å². The number of ether oxygens (including phenoxy) is 2. The minimum absolute atomic E-state index is 0.0298. The third kappa shape index (κ3) is 2.75. The Morgan fingerprint density at radius 3 is 2.47 bits per heavy atom. The van der Waals surface area contributed by atoms with E-state index in [-0.39, 0.29) is 17.5 Å². The zero-order valence-electron chi connectivity index (χ0n) is 8.96. The van der Waals surface area contributed by atoms with Crippen molar-refractivity contribution in [2.24, 2.45) is 0 Å². The molecule has 2 N–H and O–H groups in total. The van der Waals surface area contributed by atoms with E-state index >= 15 is 0 Å². The minimum atomic E-state index is -3.08. The van der Waals surface area contributed by atoms with Gasteiger partial charge in [0.05, 0.1) is 11.8 Å². The zero-order chi connectivity index (χ0) is 12.4. The van der Waals surface area contributed by atoms with Crippen molar-refractivity contribution in [2.75, 3.05) is 5.73 Å². The summed E-state index contributed by atoms with van der Waals surface area (Å²) < 4.78 is 46.7. The summed E-state index contributed by atoms with van der Waals surface area (Å²) in [5.41, 5.74) is 5.62. The largest absolute Gasteiger partial charge is 0.488 e. The second-order valence-electron chi connectivity index (χ2n) is 3.87. The van der Waals surface area contributed by atoms with Gasteiger partial charge in [0.1, 0.15) is 5.75 Å². The second kappa shape index (κ2) is 4.73. The Labute approximate surface area is 96.3 Å². The maximum atomic E-state index is 13.2. The molecule has 1 saturated carbocycles. The fraction of sp³-hybridized carbons (Fsp3) is 0.455. The van der Waals surface area contributed by atoms with Gasteiger partial charge >= 0.3 is 6.61 Å². The standard InChI is InChI=1S/C11H12F3NO2/c12-7-4-8(15)10(16-6-2-1-3-6)5-9(7)17-11(13)14/h4-6,11H,1-3,15H2. The van der Waals surface area contributed by atoms with Crippen molar-refractivity contribution in [3.05, 3.63) is 17.9 Å². The number of hydrogen-bond acceptors (Lipinski definition) is 3. The van der Waals surface area contributed by atoms with Gasteiger partial charge in [-0.2, -0.15) is 8.78 Å². The summed E-state index contributed by atoms with van der Waals surface area (Å²) in [5.74, 6) is -1.29. The van der Waals surface area contributed by atoms with Crippen LogP contribution in [-0.4, -0.2) is 12.7 Å². The molecule has 1 aliphatic carbocycles. The van der Waals surface area contributed by atoms with Gasteiger partial charge in [-0.3, -0.25) is 0 Å². The summed E-state index contributed by atoms with van der Waals surface area (Å²) in [6.07, 6.45) is 2.87. The first-order chi connectivity index (χ1) is 8.06. The average Bonchev–Trinajstić information content (AvgIpc) is 2.17. The smallest absolute Gasteiger partial charge is 0.387 e. The molecule has 0 amide bonds. The quantitative estimate of drug-likeness (QED) is 0.832. The van der Waals surface area contributed by atoms with Crippen LogP contribution in [0.2, 0.25) is 0 Å². The number of nitrogen functional groups attached to an aromatic ring is 1. The molecule has 0 aliphatic heterocycles. The number of alkyl halides is 2. The Bertz CT molecular complexity index is 408. The molecule has 6 heteroatoms. The zero-order valence-corrected chi connectivity index (χ0v) is 8.96. The van der Waals surface area contributed by atoms with Crippen molar-refractivity contribution in [1.29, 1.82) is 0 Å². The van der Waals surface area contributed by atoms with Gasteiger partial charge in [-0.05, 0) is 19.3 Å². The van der Waals surface area contributed by atoms with Crippen molar-refractivity contribution in [2.45, 2.75) is 32.0 Å². The highest BCUT2D eigenvalue weighted by molar-refractivity contribution is 5.56. The highest BCUT2D eigenvalue weighted by Gasteiger charge is 2.21. The molecule has 0 unspecified atom stereocenters. The molecule has 0 radical (unpaired) electrons. The number of anilines is 1. The first kappa shape index (κ1) is 11.9. The topological polar surface area (TPSA) is 44.5 Å². The molecule has 1 fully saturated rings. The molecular formula is C11H12F3NO2. The molecule has 3 nitrogen and oxygen atoms in total. The van der Waals surface area contributed by atoms with Crippen LogP contribution in [0, 0.1) is 5.82 Å². The van der Waals surface area contributed by atoms with E-state index in [1.807, 2.05) is 0 Å². The molecule has 0 aromatic heterocycles. The predicted molar refractivity (Wildman–Crippen MR) is 55.7 cm³/mol. The van der Waals surface area contributed by atoms with Crippen molar-refractivity contribution < 1.29 is 22.6 Å². The molecule has 0 saturated heterocycles. The Balaban J connectivity index is 2.18. The first-order valence-electron chi connectivity index (χ1n) is 5.26. The van der Waals surface area contributed by atoms with Crippen LogP contribution >= 0.6 is 0 Å². The maximum Gasteiger partial charge on any atom is 0.387 e. The Hall–Kier alpha value is -1.59. The molecule has 0 atom stereocenters.